The predicted octanol–water partition coefficient (Wildman–Crippen LogP) is 1.64. The van der Waals surface area contributed by atoms with E-state index in [2.05, 4.69) is 22.3 Å². The summed E-state index contributed by atoms with van der Waals surface area (Å²) in [7, 11) is 0. The summed E-state index contributed by atoms with van der Waals surface area (Å²) >= 11 is 0. The van der Waals surface area contributed by atoms with Gasteiger partial charge in [-0.15, -0.1) is 0 Å². The number of aryl methyl sites for hydroxylation is 1. The number of amides is 1. The highest BCUT2D eigenvalue weighted by Crippen LogP contribution is 2.30. The molecule has 5 heteroatoms. The van der Waals surface area contributed by atoms with Gasteiger partial charge in [0, 0.05) is 23.7 Å². The molecule has 17 heavy (non-hydrogen) atoms. The van der Waals surface area contributed by atoms with Crippen LogP contribution in [0.15, 0.2) is 18.3 Å². The summed E-state index contributed by atoms with van der Waals surface area (Å²) < 4.78 is 1.80. The third kappa shape index (κ3) is 1.88. The van der Waals surface area contributed by atoms with Crippen molar-refractivity contribution >= 4 is 17.4 Å². The fourth-order valence-corrected chi connectivity index (χ4v) is 1.87. The van der Waals surface area contributed by atoms with Crippen molar-refractivity contribution < 1.29 is 4.79 Å². The van der Waals surface area contributed by atoms with Gasteiger partial charge < -0.3 is 5.32 Å². The Morgan fingerprint density at radius 3 is 3.12 bits per heavy atom. The van der Waals surface area contributed by atoms with E-state index in [4.69, 9.17) is 0 Å². The normalized spacial score (nSPS) is 15.1. The van der Waals surface area contributed by atoms with E-state index in [0.29, 0.717) is 5.82 Å². The van der Waals surface area contributed by atoms with Crippen molar-refractivity contribution in [3.8, 4) is 0 Å². The number of anilines is 1. The van der Waals surface area contributed by atoms with Crippen molar-refractivity contribution in [3.05, 3.63) is 24.0 Å². The first kappa shape index (κ1) is 10.3. The molecule has 1 amide bonds. The van der Waals surface area contributed by atoms with Crippen LogP contribution in [0.25, 0.3) is 5.65 Å². The molecular formula is C12H14N4O. The minimum atomic E-state index is 0.0865. The van der Waals surface area contributed by atoms with Crippen molar-refractivity contribution in [2.75, 3.05) is 5.32 Å². The lowest BCUT2D eigenvalue weighted by Crippen LogP contribution is -2.15. The van der Waals surface area contributed by atoms with E-state index in [9.17, 15) is 4.79 Å². The molecule has 2 aromatic rings. The summed E-state index contributed by atoms with van der Waals surface area (Å²) in [5.74, 6) is 0.915. The second-order valence-electron chi connectivity index (χ2n) is 4.35. The lowest BCUT2D eigenvalue weighted by molar-refractivity contribution is -0.117. The molecule has 5 nitrogen and oxygen atoms in total. The highest BCUT2D eigenvalue weighted by Gasteiger charge is 2.29. The Bertz CT molecular complexity index is 571. The molecule has 0 spiro atoms. The fraction of sp³-hybridized carbons (Fsp3) is 0.417. The van der Waals surface area contributed by atoms with Crippen LogP contribution < -0.4 is 5.32 Å². The minimum absolute atomic E-state index is 0.0865. The van der Waals surface area contributed by atoms with Crippen LogP contribution >= 0.6 is 0 Å². The molecule has 1 fully saturated rings. The van der Waals surface area contributed by atoms with Gasteiger partial charge in [-0.3, -0.25) is 4.79 Å². The van der Waals surface area contributed by atoms with E-state index in [1.807, 2.05) is 12.1 Å². The van der Waals surface area contributed by atoms with Gasteiger partial charge in [0.2, 0.25) is 5.91 Å². The van der Waals surface area contributed by atoms with E-state index in [1.165, 1.54) is 0 Å². The molecule has 1 saturated carbocycles. The Hall–Kier alpha value is -1.91. The van der Waals surface area contributed by atoms with Crippen LogP contribution in [0.4, 0.5) is 5.82 Å². The molecule has 0 atom stereocenters. The molecule has 0 saturated heterocycles. The third-order valence-corrected chi connectivity index (χ3v) is 2.99. The van der Waals surface area contributed by atoms with Crippen LogP contribution in [0, 0.1) is 5.92 Å². The summed E-state index contributed by atoms with van der Waals surface area (Å²) in [5.41, 5.74) is 1.82. The van der Waals surface area contributed by atoms with Crippen molar-refractivity contribution in [2.45, 2.75) is 26.2 Å². The zero-order valence-electron chi connectivity index (χ0n) is 9.68. The second-order valence-corrected chi connectivity index (χ2v) is 4.35. The minimum Gasteiger partial charge on any atom is -0.310 e. The van der Waals surface area contributed by atoms with Crippen LogP contribution in [0.5, 0.6) is 0 Å². The zero-order chi connectivity index (χ0) is 11.8. The van der Waals surface area contributed by atoms with Crippen molar-refractivity contribution in [2.24, 2.45) is 5.92 Å². The number of rotatable bonds is 3. The van der Waals surface area contributed by atoms with Crippen LogP contribution in [0.2, 0.25) is 0 Å². The maximum absolute atomic E-state index is 11.7. The average Bonchev–Trinajstić information content (AvgIpc) is 3.07. The summed E-state index contributed by atoms with van der Waals surface area (Å²) in [6, 6.07) is 3.73. The molecular weight excluding hydrogens is 216 g/mol. The van der Waals surface area contributed by atoms with Crippen molar-refractivity contribution in [1.82, 2.24) is 14.6 Å². The maximum atomic E-state index is 11.7. The van der Waals surface area contributed by atoms with Gasteiger partial charge in [0.1, 0.15) is 5.82 Å². The highest BCUT2D eigenvalue weighted by atomic mass is 16.2. The molecule has 0 unspecified atom stereocenters. The first-order valence-electron chi connectivity index (χ1n) is 5.92. The van der Waals surface area contributed by atoms with Gasteiger partial charge in [0.25, 0.3) is 0 Å². The van der Waals surface area contributed by atoms with E-state index in [-0.39, 0.29) is 11.8 Å². The van der Waals surface area contributed by atoms with Gasteiger partial charge in [-0.2, -0.15) is 5.10 Å². The van der Waals surface area contributed by atoms with Crippen LogP contribution in [-0.4, -0.2) is 20.5 Å². The number of fused-ring (bicyclic) bond motifs is 1. The van der Waals surface area contributed by atoms with Gasteiger partial charge in [-0.05, 0) is 19.3 Å². The topological polar surface area (TPSA) is 59.3 Å². The lowest BCUT2D eigenvalue weighted by atomic mass is 10.3. The van der Waals surface area contributed by atoms with E-state index in [1.54, 1.807) is 10.7 Å². The largest absolute Gasteiger partial charge is 0.310 e. The third-order valence-electron chi connectivity index (χ3n) is 2.99. The first-order valence-corrected chi connectivity index (χ1v) is 5.92. The number of nitrogens with zero attached hydrogens (tertiary/aromatic N) is 3. The monoisotopic (exact) mass is 230 g/mol. The predicted molar refractivity (Wildman–Crippen MR) is 63.7 cm³/mol. The van der Waals surface area contributed by atoms with Gasteiger partial charge >= 0.3 is 0 Å². The van der Waals surface area contributed by atoms with Crippen LogP contribution in [0.1, 0.15) is 25.5 Å². The molecule has 1 aliphatic carbocycles. The Labute approximate surface area is 98.9 Å². The van der Waals surface area contributed by atoms with Crippen LogP contribution in [-0.2, 0) is 11.2 Å². The maximum Gasteiger partial charge on any atom is 0.228 e. The van der Waals surface area contributed by atoms with E-state index >= 15 is 0 Å². The Morgan fingerprint density at radius 1 is 1.59 bits per heavy atom. The Morgan fingerprint density at radius 2 is 2.41 bits per heavy atom. The number of carbonyl (C=O) groups excluding carboxylic acids is 1. The standard InChI is InChI=1S/C12H14N4O/c1-2-9-7-10(15-12(17)8-3-4-8)14-11-5-6-13-16(9)11/h5-8H,2-4H2,1H3,(H,14,15,17). The number of hydrogen-bond acceptors (Lipinski definition) is 3. The van der Waals surface area contributed by atoms with E-state index in [0.717, 1.165) is 30.6 Å². The summed E-state index contributed by atoms with van der Waals surface area (Å²) in [4.78, 5) is 16.0. The number of carbonyl (C=O) groups is 1. The Balaban J connectivity index is 1.95. The van der Waals surface area contributed by atoms with Crippen molar-refractivity contribution in [3.63, 3.8) is 0 Å². The number of hydrogen-bond donors (Lipinski definition) is 1. The quantitative estimate of drug-likeness (QED) is 0.872. The van der Waals surface area contributed by atoms with Crippen LogP contribution in [0.3, 0.4) is 0 Å². The summed E-state index contributed by atoms with van der Waals surface area (Å²) in [6.07, 6.45) is 4.57. The molecule has 0 aromatic carbocycles. The molecule has 88 valence electrons. The molecule has 0 bridgehead atoms. The van der Waals surface area contributed by atoms with E-state index < -0.39 is 0 Å². The molecule has 0 aliphatic heterocycles. The highest BCUT2D eigenvalue weighted by molar-refractivity contribution is 5.93. The average molecular weight is 230 g/mol. The van der Waals surface area contributed by atoms with Gasteiger partial charge in [0.15, 0.2) is 5.65 Å². The second kappa shape index (κ2) is 3.84. The SMILES string of the molecule is CCc1cc(NC(=O)C2CC2)nc2ccnn12. The van der Waals surface area contributed by atoms with Gasteiger partial charge in [-0.25, -0.2) is 9.50 Å². The molecule has 2 heterocycles. The molecule has 0 radical (unpaired) electrons. The fourth-order valence-electron chi connectivity index (χ4n) is 1.87. The smallest absolute Gasteiger partial charge is 0.228 e. The first-order chi connectivity index (χ1) is 8.28. The molecule has 2 aromatic heterocycles. The Kier molecular flexibility index (Phi) is 2.31. The number of aromatic nitrogens is 3. The summed E-state index contributed by atoms with van der Waals surface area (Å²) in [6.45, 7) is 2.06. The molecule has 1 aliphatic rings. The molecule has 1 N–H and O–H groups in total. The van der Waals surface area contributed by atoms with Gasteiger partial charge in [-0.1, -0.05) is 6.92 Å². The molecule has 3 rings (SSSR count). The van der Waals surface area contributed by atoms with Crippen molar-refractivity contribution in [1.29, 1.82) is 0 Å². The summed E-state index contributed by atoms with van der Waals surface area (Å²) in [5, 5.41) is 7.07. The zero-order valence-corrected chi connectivity index (χ0v) is 9.68. The number of nitrogens with one attached hydrogen (secondary N) is 1. The van der Waals surface area contributed by atoms with Gasteiger partial charge in [0.05, 0.1) is 6.20 Å². The lowest BCUT2D eigenvalue weighted by Gasteiger charge is -2.07.